The van der Waals surface area contributed by atoms with Crippen molar-refractivity contribution in [1.82, 2.24) is 10.2 Å². The molecule has 0 spiro atoms. The third kappa shape index (κ3) is 3.20. The SMILES string of the molecule is CCC(C)(CO)NC(=O)CN1CCCC1=O. The van der Waals surface area contributed by atoms with Crippen LogP contribution in [0.3, 0.4) is 0 Å². The van der Waals surface area contributed by atoms with Crippen LogP contribution in [0.4, 0.5) is 0 Å². The van der Waals surface area contributed by atoms with Crippen LogP contribution in [0.25, 0.3) is 0 Å². The van der Waals surface area contributed by atoms with Gasteiger partial charge in [-0.2, -0.15) is 0 Å². The van der Waals surface area contributed by atoms with Crippen LogP contribution in [0.2, 0.25) is 0 Å². The first-order valence-electron chi connectivity index (χ1n) is 5.70. The van der Waals surface area contributed by atoms with Gasteiger partial charge in [-0.15, -0.1) is 0 Å². The molecule has 2 N–H and O–H groups in total. The molecule has 1 aliphatic rings. The molecule has 0 saturated carbocycles. The number of hydrogen-bond acceptors (Lipinski definition) is 3. The Balaban J connectivity index is 2.43. The smallest absolute Gasteiger partial charge is 0.240 e. The second kappa shape index (κ2) is 5.30. The Hall–Kier alpha value is -1.10. The molecule has 1 aliphatic heterocycles. The lowest BCUT2D eigenvalue weighted by molar-refractivity contribution is -0.134. The van der Waals surface area contributed by atoms with E-state index in [1.54, 1.807) is 11.8 Å². The lowest BCUT2D eigenvalue weighted by Crippen LogP contribution is -2.51. The standard InChI is InChI=1S/C11H20N2O3/c1-3-11(2,8-14)12-9(15)7-13-6-4-5-10(13)16/h14H,3-8H2,1-2H3,(H,12,15). The Kier molecular flexibility index (Phi) is 4.29. The molecule has 1 fully saturated rings. The summed E-state index contributed by atoms with van der Waals surface area (Å²) in [5.74, 6) is -0.161. The largest absolute Gasteiger partial charge is 0.394 e. The van der Waals surface area contributed by atoms with Crippen LogP contribution >= 0.6 is 0 Å². The summed E-state index contributed by atoms with van der Waals surface area (Å²) in [5.41, 5.74) is -0.583. The molecular weight excluding hydrogens is 208 g/mol. The normalized spacial score (nSPS) is 19.7. The van der Waals surface area contributed by atoms with E-state index in [-0.39, 0.29) is 25.0 Å². The highest BCUT2D eigenvalue weighted by Gasteiger charge is 2.27. The van der Waals surface area contributed by atoms with Crippen LogP contribution in [0, 0.1) is 0 Å². The Morgan fingerprint density at radius 3 is 2.75 bits per heavy atom. The van der Waals surface area contributed by atoms with Gasteiger partial charge >= 0.3 is 0 Å². The summed E-state index contributed by atoms with van der Waals surface area (Å²) in [4.78, 5) is 24.5. The van der Waals surface area contributed by atoms with Gasteiger partial charge < -0.3 is 15.3 Å². The molecule has 16 heavy (non-hydrogen) atoms. The topological polar surface area (TPSA) is 69.6 Å². The number of amides is 2. The van der Waals surface area contributed by atoms with E-state index < -0.39 is 5.54 Å². The number of likely N-dealkylation sites (tertiary alicyclic amines) is 1. The molecule has 92 valence electrons. The molecule has 1 saturated heterocycles. The molecule has 5 nitrogen and oxygen atoms in total. The van der Waals surface area contributed by atoms with E-state index in [4.69, 9.17) is 5.11 Å². The monoisotopic (exact) mass is 228 g/mol. The minimum atomic E-state index is -0.583. The maximum atomic E-state index is 11.7. The molecule has 0 aromatic rings. The van der Waals surface area contributed by atoms with Crippen molar-refractivity contribution >= 4 is 11.8 Å². The minimum Gasteiger partial charge on any atom is -0.394 e. The summed E-state index contributed by atoms with van der Waals surface area (Å²) in [6, 6.07) is 0. The van der Waals surface area contributed by atoms with Gasteiger partial charge in [-0.1, -0.05) is 6.92 Å². The van der Waals surface area contributed by atoms with Crippen molar-refractivity contribution in [2.75, 3.05) is 19.7 Å². The average Bonchev–Trinajstić information content (AvgIpc) is 2.64. The third-order valence-corrected chi connectivity index (χ3v) is 3.08. The lowest BCUT2D eigenvalue weighted by atomic mass is 10.0. The fourth-order valence-electron chi connectivity index (χ4n) is 1.66. The predicted molar refractivity (Wildman–Crippen MR) is 59.7 cm³/mol. The number of carbonyl (C=O) groups is 2. The van der Waals surface area contributed by atoms with Crippen LogP contribution in [-0.4, -0.2) is 47.1 Å². The van der Waals surface area contributed by atoms with Crippen molar-refractivity contribution in [3.63, 3.8) is 0 Å². The summed E-state index contributed by atoms with van der Waals surface area (Å²) in [7, 11) is 0. The highest BCUT2D eigenvalue weighted by Crippen LogP contribution is 2.10. The van der Waals surface area contributed by atoms with Gasteiger partial charge in [-0.05, 0) is 19.8 Å². The Morgan fingerprint density at radius 2 is 2.31 bits per heavy atom. The molecule has 0 bridgehead atoms. The van der Waals surface area contributed by atoms with Gasteiger partial charge in [0.15, 0.2) is 0 Å². The second-order valence-electron chi connectivity index (χ2n) is 4.54. The van der Waals surface area contributed by atoms with E-state index in [2.05, 4.69) is 5.32 Å². The van der Waals surface area contributed by atoms with E-state index in [9.17, 15) is 9.59 Å². The first-order valence-corrected chi connectivity index (χ1v) is 5.70. The van der Waals surface area contributed by atoms with Crippen LogP contribution in [0.15, 0.2) is 0 Å². The Labute approximate surface area is 95.8 Å². The van der Waals surface area contributed by atoms with E-state index in [1.165, 1.54) is 0 Å². The first-order chi connectivity index (χ1) is 7.50. The van der Waals surface area contributed by atoms with Crippen LogP contribution in [0.1, 0.15) is 33.1 Å². The molecular formula is C11H20N2O3. The van der Waals surface area contributed by atoms with E-state index in [0.717, 1.165) is 6.42 Å². The average molecular weight is 228 g/mol. The van der Waals surface area contributed by atoms with Crippen LogP contribution in [-0.2, 0) is 9.59 Å². The zero-order valence-electron chi connectivity index (χ0n) is 9.95. The highest BCUT2D eigenvalue weighted by atomic mass is 16.3. The summed E-state index contributed by atoms with van der Waals surface area (Å²) < 4.78 is 0. The van der Waals surface area contributed by atoms with E-state index >= 15 is 0 Å². The number of aliphatic hydroxyl groups is 1. The second-order valence-corrected chi connectivity index (χ2v) is 4.54. The lowest BCUT2D eigenvalue weighted by Gasteiger charge is -2.28. The predicted octanol–water partition coefficient (Wildman–Crippen LogP) is -0.114. The van der Waals surface area contributed by atoms with Gasteiger partial charge in [-0.25, -0.2) is 0 Å². The van der Waals surface area contributed by atoms with Crippen molar-refractivity contribution in [1.29, 1.82) is 0 Å². The van der Waals surface area contributed by atoms with Gasteiger partial charge in [0, 0.05) is 13.0 Å². The fourth-order valence-corrected chi connectivity index (χ4v) is 1.66. The Bertz CT molecular complexity index is 274. The summed E-state index contributed by atoms with van der Waals surface area (Å²) >= 11 is 0. The molecule has 0 aliphatic carbocycles. The maximum Gasteiger partial charge on any atom is 0.240 e. The van der Waals surface area contributed by atoms with Gasteiger partial charge in [0.1, 0.15) is 0 Å². The molecule has 0 aromatic carbocycles. The van der Waals surface area contributed by atoms with Gasteiger partial charge in [-0.3, -0.25) is 9.59 Å². The maximum absolute atomic E-state index is 11.7. The van der Waals surface area contributed by atoms with Crippen LogP contribution in [0.5, 0.6) is 0 Å². The molecule has 1 rings (SSSR count). The van der Waals surface area contributed by atoms with Crippen molar-refractivity contribution in [3.8, 4) is 0 Å². The fraction of sp³-hybridized carbons (Fsp3) is 0.818. The third-order valence-electron chi connectivity index (χ3n) is 3.08. The number of hydrogen-bond donors (Lipinski definition) is 2. The van der Waals surface area contributed by atoms with E-state index in [1.807, 2.05) is 6.92 Å². The number of rotatable bonds is 5. The van der Waals surface area contributed by atoms with Crippen molar-refractivity contribution in [2.45, 2.75) is 38.6 Å². The van der Waals surface area contributed by atoms with Crippen molar-refractivity contribution in [2.24, 2.45) is 0 Å². The highest BCUT2D eigenvalue weighted by molar-refractivity contribution is 5.86. The molecule has 1 unspecified atom stereocenters. The summed E-state index contributed by atoms with van der Waals surface area (Å²) in [6.07, 6.45) is 2.03. The van der Waals surface area contributed by atoms with Crippen molar-refractivity contribution in [3.05, 3.63) is 0 Å². The number of nitrogens with zero attached hydrogens (tertiary/aromatic N) is 1. The molecule has 5 heteroatoms. The van der Waals surface area contributed by atoms with Gasteiger partial charge in [0.25, 0.3) is 0 Å². The van der Waals surface area contributed by atoms with Gasteiger partial charge in [0.2, 0.25) is 11.8 Å². The first kappa shape index (κ1) is 13.0. The zero-order chi connectivity index (χ0) is 12.2. The summed E-state index contributed by atoms with van der Waals surface area (Å²) in [5, 5.41) is 11.9. The Morgan fingerprint density at radius 1 is 1.62 bits per heavy atom. The number of carbonyl (C=O) groups excluding carboxylic acids is 2. The van der Waals surface area contributed by atoms with Gasteiger partial charge in [0.05, 0.1) is 18.7 Å². The molecule has 1 heterocycles. The summed E-state index contributed by atoms with van der Waals surface area (Å²) in [6.45, 7) is 4.36. The van der Waals surface area contributed by atoms with Crippen molar-refractivity contribution < 1.29 is 14.7 Å². The number of nitrogens with one attached hydrogen (secondary N) is 1. The zero-order valence-corrected chi connectivity index (χ0v) is 9.95. The van der Waals surface area contributed by atoms with Crippen LogP contribution < -0.4 is 5.32 Å². The quantitative estimate of drug-likeness (QED) is 0.689. The number of aliphatic hydroxyl groups excluding tert-OH is 1. The minimum absolute atomic E-state index is 0.0392. The molecule has 0 radical (unpaired) electrons. The molecule has 2 amide bonds. The van der Waals surface area contributed by atoms with E-state index in [0.29, 0.717) is 19.4 Å². The molecule has 1 atom stereocenters. The molecule has 0 aromatic heterocycles.